The van der Waals surface area contributed by atoms with Crippen LogP contribution in [0.1, 0.15) is 37.7 Å². The largest absolute Gasteiger partial charge is 0.461 e. The van der Waals surface area contributed by atoms with E-state index in [1.807, 2.05) is 30.3 Å². The summed E-state index contributed by atoms with van der Waals surface area (Å²) >= 11 is 0. The molecule has 2 rings (SSSR count). The van der Waals surface area contributed by atoms with E-state index in [4.69, 9.17) is 10.5 Å². The summed E-state index contributed by atoms with van der Waals surface area (Å²) in [6, 6.07) is 9.81. The molecule has 2 N–H and O–H groups in total. The maximum Gasteiger partial charge on any atom is 0.306 e. The summed E-state index contributed by atoms with van der Waals surface area (Å²) in [5.74, 6) is 0.984. The van der Waals surface area contributed by atoms with E-state index in [2.05, 4.69) is 0 Å². The molecule has 3 heteroatoms. The van der Waals surface area contributed by atoms with Crippen LogP contribution in [0.2, 0.25) is 0 Å². The summed E-state index contributed by atoms with van der Waals surface area (Å²) in [6.45, 7) is 1.13. The van der Waals surface area contributed by atoms with Gasteiger partial charge in [0.05, 0.1) is 0 Å². The van der Waals surface area contributed by atoms with Gasteiger partial charge in [0.25, 0.3) is 0 Å². The predicted octanol–water partition coefficient (Wildman–Crippen LogP) is 2.89. The number of hydrogen-bond donors (Lipinski definition) is 1. The van der Waals surface area contributed by atoms with Gasteiger partial charge in [-0.15, -0.1) is 0 Å². The standard InChI is InChI=1S/C16H23NO2/c17-11-15-8-4-7-14(9-15)10-16(18)19-12-13-5-2-1-3-6-13/h1-3,5-6,14-15H,4,7-12,17H2. The number of benzene rings is 1. The molecule has 104 valence electrons. The number of nitrogens with two attached hydrogens (primary N) is 1. The SMILES string of the molecule is NCC1CCCC(CC(=O)OCc2ccccc2)C1. The first-order chi connectivity index (χ1) is 9.28. The third-order valence-corrected chi connectivity index (χ3v) is 3.92. The quantitative estimate of drug-likeness (QED) is 0.829. The minimum absolute atomic E-state index is 0.0773. The van der Waals surface area contributed by atoms with Crippen LogP contribution in [0, 0.1) is 11.8 Å². The minimum Gasteiger partial charge on any atom is -0.461 e. The van der Waals surface area contributed by atoms with Crippen molar-refractivity contribution in [1.82, 2.24) is 0 Å². The van der Waals surface area contributed by atoms with Crippen LogP contribution >= 0.6 is 0 Å². The van der Waals surface area contributed by atoms with E-state index >= 15 is 0 Å². The van der Waals surface area contributed by atoms with Gasteiger partial charge in [-0.05, 0) is 43.2 Å². The second kappa shape index (κ2) is 7.29. The molecule has 0 spiro atoms. The monoisotopic (exact) mass is 261 g/mol. The van der Waals surface area contributed by atoms with E-state index in [-0.39, 0.29) is 5.97 Å². The number of rotatable bonds is 5. The molecular formula is C16H23NO2. The van der Waals surface area contributed by atoms with Crippen molar-refractivity contribution in [3.8, 4) is 0 Å². The van der Waals surface area contributed by atoms with Gasteiger partial charge in [-0.2, -0.15) is 0 Å². The number of hydrogen-bond acceptors (Lipinski definition) is 3. The van der Waals surface area contributed by atoms with Crippen molar-refractivity contribution in [2.45, 2.75) is 38.7 Å². The lowest BCUT2D eigenvalue weighted by molar-refractivity contribution is -0.146. The third-order valence-electron chi connectivity index (χ3n) is 3.92. The van der Waals surface area contributed by atoms with Gasteiger partial charge in [-0.25, -0.2) is 0 Å². The van der Waals surface area contributed by atoms with Crippen LogP contribution in [0.25, 0.3) is 0 Å². The molecule has 19 heavy (non-hydrogen) atoms. The second-order valence-electron chi connectivity index (χ2n) is 5.48. The average molecular weight is 261 g/mol. The van der Waals surface area contributed by atoms with Crippen LogP contribution in [-0.4, -0.2) is 12.5 Å². The van der Waals surface area contributed by atoms with Gasteiger partial charge in [0, 0.05) is 6.42 Å². The van der Waals surface area contributed by atoms with Crippen molar-refractivity contribution in [2.24, 2.45) is 17.6 Å². The van der Waals surface area contributed by atoms with Crippen LogP contribution in [0.4, 0.5) is 0 Å². The molecule has 0 saturated heterocycles. The Balaban J connectivity index is 1.72. The zero-order valence-corrected chi connectivity index (χ0v) is 11.4. The van der Waals surface area contributed by atoms with Gasteiger partial charge in [-0.3, -0.25) is 4.79 Å². The van der Waals surface area contributed by atoms with Crippen LogP contribution in [-0.2, 0) is 16.1 Å². The molecule has 1 aromatic rings. The molecule has 0 aromatic heterocycles. The first-order valence-electron chi connectivity index (χ1n) is 7.17. The molecule has 1 saturated carbocycles. The molecule has 1 aromatic carbocycles. The van der Waals surface area contributed by atoms with Crippen LogP contribution < -0.4 is 5.73 Å². The Bertz CT molecular complexity index is 391. The fourth-order valence-electron chi connectivity index (χ4n) is 2.83. The van der Waals surface area contributed by atoms with E-state index in [9.17, 15) is 4.79 Å². The zero-order valence-electron chi connectivity index (χ0n) is 11.4. The molecule has 0 bridgehead atoms. The fraction of sp³-hybridized carbons (Fsp3) is 0.562. The number of carbonyl (C=O) groups is 1. The first kappa shape index (κ1) is 14.1. The Morgan fingerprint density at radius 3 is 2.68 bits per heavy atom. The van der Waals surface area contributed by atoms with Crippen molar-refractivity contribution in [2.75, 3.05) is 6.54 Å². The smallest absolute Gasteiger partial charge is 0.306 e. The third kappa shape index (κ3) is 4.67. The highest BCUT2D eigenvalue weighted by Crippen LogP contribution is 2.30. The van der Waals surface area contributed by atoms with E-state index < -0.39 is 0 Å². The summed E-state index contributed by atoms with van der Waals surface area (Å²) in [5, 5.41) is 0. The summed E-state index contributed by atoms with van der Waals surface area (Å²) in [6.07, 6.45) is 5.17. The number of esters is 1. The summed E-state index contributed by atoms with van der Waals surface area (Å²) in [5.41, 5.74) is 6.76. The molecule has 0 amide bonds. The lowest BCUT2D eigenvalue weighted by atomic mass is 9.80. The van der Waals surface area contributed by atoms with Crippen LogP contribution in [0.15, 0.2) is 30.3 Å². The Morgan fingerprint density at radius 1 is 1.21 bits per heavy atom. The summed E-state index contributed by atoms with van der Waals surface area (Å²) in [7, 11) is 0. The van der Waals surface area contributed by atoms with Crippen molar-refractivity contribution in [1.29, 1.82) is 0 Å². The van der Waals surface area contributed by atoms with E-state index in [1.165, 1.54) is 12.8 Å². The van der Waals surface area contributed by atoms with E-state index in [0.717, 1.165) is 24.9 Å². The predicted molar refractivity (Wildman–Crippen MR) is 75.4 cm³/mol. The zero-order chi connectivity index (χ0) is 13.5. The van der Waals surface area contributed by atoms with Crippen molar-refractivity contribution in [3.05, 3.63) is 35.9 Å². The van der Waals surface area contributed by atoms with Gasteiger partial charge >= 0.3 is 5.97 Å². The fourth-order valence-corrected chi connectivity index (χ4v) is 2.83. The van der Waals surface area contributed by atoms with Crippen molar-refractivity contribution in [3.63, 3.8) is 0 Å². The molecule has 1 aliphatic carbocycles. The molecule has 2 atom stereocenters. The Labute approximate surface area is 115 Å². The Morgan fingerprint density at radius 2 is 1.95 bits per heavy atom. The molecular weight excluding hydrogens is 238 g/mol. The lowest BCUT2D eigenvalue weighted by Crippen LogP contribution is -2.24. The molecule has 3 nitrogen and oxygen atoms in total. The highest BCUT2D eigenvalue weighted by molar-refractivity contribution is 5.69. The van der Waals surface area contributed by atoms with Crippen LogP contribution in [0.3, 0.4) is 0 Å². The van der Waals surface area contributed by atoms with E-state index in [1.54, 1.807) is 0 Å². The van der Waals surface area contributed by atoms with Gasteiger partial charge in [0.2, 0.25) is 0 Å². The highest BCUT2D eigenvalue weighted by Gasteiger charge is 2.23. The summed E-state index contributed by atoms with van der Waals surface area (Å²) in [4.78, 5) is 11.8. The van der Waals surface area contributed by atoms with Crippen molar-refractivity contribution < 1.29 is 9.53 Å². The number of carbonyl (C=O) groups excluding carboxylic acids is 1. The molecule has 2 unspecified atom stereocenters. The minimum atomic E-state index is -0.0773. The maximum atomic E-state index is 11.8. The number of ether oxygens (including phenoxy) is 1. The maximum absolute atomic E-state index is 11.8. The molecule has 1 fully saturated rings. The molecule has 0 heterocycles. The van der Waals surface area contributed by atoms with Gasteiger partial charge in [-0.1, -0.05) is 36.8 Å². The van der Waals surface area contributed by atoms with Crippen molar-refractivity contribution >= 4 is 5.97 Å². The van der Waals surface area contributed by atoms with E-state index in [0.29, 0.717) is 24.9 Å². The Kier molecular flexibility index (Phi) is 5.40. The topological polar surface area (TPSA) is 52.3 Å². The lowest BCUT2D eigenvalue weighted by Gasteiger charge is -2.27. The second-order valence-corrected chi connectivity index (χ2v) is 5.48. The van der Waals surface area contributed by atoms with Gasteiger partial charge in [0.15, 0.2) is 0 Å². The van der Waals surface area contributed by atoms with Gasteiger partial charge in [0.1, 0.15) is 6.61 Å². The van der Waals surface area contributed by atoms with Gasteiger partial charge < -0.3 is 10.5 Å². The normalized spacial score (nSPS) is 23.0. The highest BCUT2D eigenvalue weighted by atomic mass is 16.5. The first-order valence-corrected chi connectivity index (χ1v) is 7.17. The summed E-state index contributed by atoms with van der Waals surface area (Å²) < 4.78 is 5.33. The Hall–Kier alpha value is -1.35. The molecule has 0 aliphatic heterocycles. The molecule has 1 aliphatic rings. The average Bonchev–Trinajstić information content (AvgIpc) is 2.46. The van der Waals surface area contributed by atoms with Crippen LogP contribution in [0.5, 0.6) is 0 Å². The molecule has 0 radical (unpaired) electrons.